The van der Waals surface area contributed by atoms with Crippen LogP contribution in [0.3, 0.4) is 0 Å². The molecule has 0 aliphatic heterocycles. The summed E-state index contributed by atoms with van der Waals surface area (Å²) in [6, 6.07) is 10.6. The lowest BCUT2D eigenvalue weighted by atomic mass is 10.2. The molecular weight excluding hydrogens is 303 g/mol. The van der Waals surface area contributed by atoms with E-state index in [-0.39, 0.29) is 11.7 Å². The number of aromatic nitrogens is 2. The van der Waals surface area contributed by atoms with E-state index in [0.29, 0.717) is 11.6 Å². The van der Waals surface area contributed by atoms with Gasteiger partial charge in [-0.2, -0.15) is 13.2 Å². The Bertz CT molecular complexity index is 602. The minimum absolute atomic E-state index is 0.189. The molecule has 21 heavy (non-hydrogen) atoms. The van der Waals surface area contributed by atoms with Gasteiger partial charge in [-0.15, -0.1) is 0 Å². The molecule has 0 saturated heterocycles. The predicted molar refractivity (Wildman–Crippen MR) is 76.4 cm³/mol. The third-order valence-corrected chi connectivity index (χ3v) is 3.03. The molecule has 2 rings (SSSR count). The van der Waals surface area contributed by atoms with Crippen LogP contribution >= 0.6 is 11.6 Å². The van der Waals surface area contributed by atoms with E-state index in [0.717, 1.165) is 5.56 Å². The van der Waals surface area contributed by atoms with Crippen LogP contribution in [-0.2, 0) is 0 Å². The van der Waals surface area contributed by atoms with Gasteiger partial charge < -0.3 is 4.90 Å². The molecule has 2 aromatic rings. The van der Waals surface area contributed by atoms with Gasteiger partial charge >= 0.3 is 6.18 Å². The first-order chi connectivity index (χ1) is 9.85. The second-order valence-electron chi connectivity index (χ2n) is 4.53. The van der Waals surface area contributed by atoms with Crippen LogP contribution in [0, 0.1) is 0 Å². The van der Waals surface area contributed by atoms with Gasteiger partial charge in [0, 0.05) is 25.2 Å². The monoisotopic (exact) mass is 315 g/mol. The third kappa shape index (κ3) is 4.60. The summed E-state index contributed by atoms with van der Waals surface area (Å²) in [5.74, 6) is 0.745. The van der Waals surface area contributed by atoms with Crippen molar-refractivity contribution in [2.75, 3.05) is 18.5 Å². The number of benzene rings is 1. The fraction of sp³-hybridized carbons (Fsp3) is 0.286. The highest BCUT2D eigenvalue weighted by Crippen LogP contribution is 2.24. The van der Waals surface area contributed by atoms with Crippen molar-refractivity contribution < 1.29 is 13.2 Å². The van der Waals surface area contributed by atoms with Crippen molar-refractivity contribution in [1.29, 1.82) is 0 Å². The first kappa shape index (κ1) is 15.6. The molecule has 0 fully saturated rings. The molecule has 7 heteroatoms. The largest absolute Gasteiger partial charge is 0.390 e. The molecule has 0 spiro atoms. The van der Waals surface area contributed by atoms with Crippen LogP contribution in [0.15, 0.2) is 36.4 Å². The molecule has 0 bridgehead atoms. The van der Waals surface area contributed by atoms with Crippen molar-refractivity contribution in [2.45, 2.75) is 12.6 Å². The van der Waals surface area contributed by atoms with Gasteiger partial charge in [-0.3, -0.25) is 0 Å². The molecule has 1 aromatic carbocycles. The molecule has 112 valence electrons. The predicted octanol–water partition coefficient (Wildman–Crippen LogP) is 4.19. The summed E-state index contributed by atoms with van der Waals surface area (Å²) in [5, 5.41) is 0.192. The Morgan fingerprint density at radius 1 is 1.14 bits per heavy atom. The van der Waals surface area contributed by atoms with Gasteiger partial charge in [-0.25, -0.2) is 9.97 Å². The minimum atomic E-state index is -4.20. The van der Waals surface area contributed by atoms with Crippen LogP contribution in [0.2, 0.25) is 5.15 Å². The third-order valence-electron chi connectivity index (χ3n) is 2.84. The van der Waals surface area contributed by atoms with Gasteiger partial charge in [0.25, 0.3) is 0 Å². The van der Waals surface area contributed by atoms with Crippen LogP contribution in [-0.4, -0.2) is 29.7 Å². The summed E-state index contributed by atoms with van der Waals surface area (Å²) in [7, 11) is 1.54. The van der Waals surface area contributed by atoms with E-state index in [9.17, 15) is 13.2 Å². The lowest BCUT2D eigenvalue weighted by Crippen LogP contribution is -2.25. The summed E-state index contributed by atoms with van der Waals surface area (Å²) >= 11 is 5.93. The topological polar surface area (TPSA) is 29.0 Å². The first-order valence-corrected chi connectivity index (χ1v) is 6.61. The smallest absolute Gasteiger partial charge is 0.359 e. The Morgan fingerprint density at radius 3 is 2.43 bits per heavy atom. The average Bonchev–Trinajstić information content (AvgIpc) is 2.44. The van der Waals surface area contributed by atoms with Gasteiger partial charge in [-0.1, -0.05) is 41.9 Å². The molecule has 0 saturated carbocycles. The lowest BCUT2D eigenvalue weighted by Gasteiger charge is -2.19. The van der Waals surface area contributed by atoms with E-state index < -0.39 is 12.6 Å². The molecular formula is C14H13ClF3N3. The second kappa shape index (κ2) is 6.30. The van der Waals surface area contributed by atoms with Crippen molar-refractivity contribution >= 4 is 17.4 Å². The van der Waals surface area contributed by atoms with Crippen molar-refractivity contribution in [3.8, 4) is 11.4 Å². The van der Waals surface area contributed by atoms with Gasteiger partial charge in [-0.05, 0) is 0 Å². The van der Waals surface area contributed by atoms with Gasteiger partial charge in [0.15, 0.2) is 5.82 Å². The van der Waals surface area contributed by atoms with E-state index in [1.54, 1.807) is 7.05 Å². The molecule has 1 heterocycles. The Labute approximate surface area is 125 Å². The van der Waals surface area contributed by atoms with Gasteiger partial charge in [0.05, 0.1) is 6.42 Å². The molecule has 0 aliphatic carbocycles. The van der Waals surface area contributed by atoms with Crippen molar-refractivity contribution in [3.05, 3.63) is 41.6 Å². The highest BCUT2D eigenvalue weighted by atomic mass is 35.5. The molecule has 0 unspecified atom stereocenters. The number of rotatable bonds is 4. The summed E-state index contributed by atoms with van der Waals surface area (Å²) in [5.41, 5.74) is 0.755. The van der Waals surface area contributed by atoms with Crippen LogP contribution < -0.4 is 4.90 Å². The average molecular weight is 316 g/mol. The number of hydrogen-bond acceptors (Lipinski definition) is 3. The standard InChI is InChI=1S/C14H13ClF3N3/c1-21(8-7-14(16,17)18)12-9-11(15)19-13(20-12)10-5-3-2-4-6-10/h2-6,9H,7-8H2,1H3. The molecule has 0 atom stereocenters. The summed E-state index contributed by atoms with van der Waals surface area (Å²) in [6.45, 7) is -0.189. The second-order valence-corrected chi connectivity index (χ2v) is 4.91. The van der Waals surface area contributed by atoms with Crippen LogP contribution in [0.1, 0.15) is 6.42 Å². The van der Waals surface area contributed by atoms with Gasteiger partial charge in [0.1, 0.15) is 11.0 Å². The highest BCUT2D eigenvalue weighted by molar-refractivity contribution is 6.29. The molecule has 0 amide bonds. The molecule has 0 radical (unpaired) electrons. The maximum atomic E-state index is 12.3. The zero-order valence-corrected chi connectivity index (χ0v) is 12.0. The number of halogens is 4. The molecule has 0 aliphatic rings. The Hall–Kier alpha value is -1.82. The maximum absolute atomic E-state index is 12.3. The van der Waals surface area contributed by atoms with E-state index in [2.05, 4.69) is 9.97 Å². The van der Waals surface area contributed by atoms with Crippen LogP contribution in [0.25, 0.3) is 11.4 Å². The van der Waals surface area contributed by atoms with E-state index in [4.69, 9.17) is 11.6 Å². The Kier molecular flexibility index (Phi) is 4.67. The minimum Gasteiger partial charge on any atom is -0.359 e. The van der Waals surface area contributed by atoms with Crippen molar-refractivity contribution in [3.63, 3.8) is 0 Å². The quantitative estimate of drug-likeness (QED) is 0.792. The summed E-state index contributed by atoms with van der Waals surface area (Å²) in [6.07, 6.45) is -5.11. The lowest BCUT2D eigenvalue weighted by molar-refractivity contribution is -0.132. The van der Waals surface area contributed by atoms with Gasteiger partial charge in [0.2, 0.25) is 0 Å². The summed E-state index contributed by atoms with van der Waals surface area (Å²) in [4.78, 5) is 9.78. The van der Waals surface area contributed by atoms with Crippen molar-refractivity contribution in [2.24, 2.45) is 0 Å². The van der Waals surface area contributed by atoms with Crippen LogP contribution in [0.4, 0.5) is 19.0 Å². The van der Waals surface area contributed by atoms with E-state index in [1.807, 2.05) is 30.3 Å². The van der Waals surface area contributed by atoms with E-state index in [1.165, 1.54) is 11.0 Å². The normalized spacial score (nSPS) is 11.5. The Morgan fingerprint density at radius 2 is 1.81 bits per heavy atom. The Balaban J connectivity index is 2.23. The zero-order valence-electron chi connectivity index (χ0n) is 11.2. The number of anilines is 1. The fourth-order valence-electron chi connectivity index (χ4n) is 1.73. The number of hydrogen-bond donors (Lipinski definition) is 0. The molecule has 1 aromatic heterocycles. The fourth-order valence-corrected chi connectivity index (χ4v) is 1.90. The highest BCUT2D eigenvalue weighted by Gasteiger charge is 2.27. The zero-order chi connectivity index (χ0) is 15.5. The molecule has 0 N–H and O–H groups in total. The number of alkyl halides is 3. The number of nitrogens with zero attached hydrogens (tertiary/aromatic N) is 3. The maximum Gasteiger partial charge on any atom is 0.390 e. The molecule has 3 nitrogen and oxygen atoms in total. The summed E-state index contributed by atoms with van der Waals surface area (Å²) < 4.78 is 36.8. The van der Waals surface area contributed by atoms with Crippen LogP contribution in [0.5, 0.6) is 0 Å². The van der Waals surface area contributed by atoms with Crippen molar-refractivity contribution in [1.82, 2.24) is 9.97 Å². The SMILES string of the molecule is CN(CCC(F)(F)F)c1cc(Cl)nc(-c2ccccc2)n1. The first-order valence-electron chi connectivity index (χ1n) is 6.23. The van der Waals surface area contributed by atoms with E-state index >= 15 is 0 Å².